The molecule has 3 unspecified atom stereocenters. The Morgan fingerprint density at radius 1 is 1.10 bits per heavy atom. The third-order valence-electron chi connectivity index (χ3n) is 5.88. The summed E-state index contributed by atoms with van der Waals surface area (Å²) in [6, 6.07) is 13.3. The van der Waals surface area contributed by atoms with Crippen molar-refractivity contribution in [3.8, 4) is 0 Å². The van der Waals surface area contributed by atoms with Crippen molar-refractivity contribution in [2.45, 2.75) is 23.3 Å². The largest absolute Gasteiger partial charge is 0.378 e. The van der Waals surface area contributed by atoms with Crippen LogP contribution >= 0.6 is 11.6 Å². The molecule has 0 aromatic heterocycles. The molecule has 0 saturated heterocycles. The monoisotopic (exact) mass is 440 g/mol. The minimum absolute atomic E-state index is 0.0756. The number of fused-ring (bicyclic) bond motifs is 3. The Labute approximate surface area is 183 Å². The van der Waals surface area contributed by atoms with Crippen molar-refractivity contribution < 1.29 is 8.42 Å². The number of anilines is 1. The maximum atomic E-state index is 13.2. The molecule has 0 bridgehead atoms. The molecule has 0 amide bonds. The highest BCUT2D eigenvalue weighted by Crippen LogP contribution is 2.51. The molecule has 2 aliphatic rings. The Morgan fingerprint density at radius 2 is 1.83 bits per heavy atom. The van der Waals surface area contributed by atoms with Gasteiger partial charge >= 0.3 is 0 Å². The van der Waals surface area contributed by atoms with E-state index in [1.54, 1.807) is 18.2 Å². The lowest BCUT2D eigenvalue weighted by molar-refractivity contribution is 0.424. The van der Waals surface area contributed by atoms with Crippen molar-refractivity contribution >= 4 is 27.3 Å². The average Bonchev–Trinajstić information content (AvgIpc) is 3.23. The van der Waals surface area contributed by atoms with Crippen LogP contribution in [0.4, 0.5) is 5.69 Å². The second-order valence-corrected chi connectivity index (χ2v) is 9.99. The average molecular weight is 441 g/mol. The summed E-state index contributed by atoms with van der Waals surface area (Å²) >= 11 is 6.49. The lowest BCUT2D eigenvalue weighted by Crippen LogP contribution is -2.32. The fourth-order valence-corrected chi connectivity index (χ4v) is 6.15. The Balaban J connectivity index is 1.74. The number of rotatable bonds is 7. The first-order chi connectivity index (χ1) is 14.5. The van der Waals surface area contributed by atoms with Crippen molar-refractivity contribution in [3.63, 3.8) is 0 Å². The van der Waals surface area contributed by atoms with Crippen LogP contribution in [-0.4, -0.2) is 25.8 Å². The molecule has 4 rings (SSSR count). The third kappa shape index (κ3) is 3.62. The van der Waals surface area contributed by atoms with Gasteiger partial charge in [-0.25, -0.2) is 8.42 Å². The summed E-state index contributed by atoms with van der Waals surface area (Å²) < 4.78 is 27.8. The van der Waals surface area contributed by atoms with E-state index in [1.165, 1.54) is 4.31 Å². The zero-order valence-corrected chi connectivity index (χ0v) is 18.2. The molecular weight excluding hydrogens is 416 g/mol. The van der Waals surface area contributed by atoms with Crippen LogP contribution < -0.4 is 5.32 Å². The molecule has 6 heteroatoms. The molecule has 0 spiro atoms. The number of hydrogen-bond donors (Lipinski definition) is 1. The summed E-state index contributed by atoms with van der Waals surface area (Å²) in [4.78, 5) is 0.294. The first-order valence-electron chi connectivity index (χ1n) is 10.0. The van der Waals surface area contributed by atoms with Gasteiger partial charge in [0.25, 0.3) is 0 Å². The van der Waals surface area contributed by atoms with Crippen molar-refractivity contribution in [1.82, 2.24) is 4.31 Å². The van der Waals surface area contributed by atoms with E-state index in [0.717, 1.165) is 28.3 Å². The van der Waals surface area contributed by atoms with Crippen LogP contribution in [0, 0.1) is 5.92 Å². The SMILES string of the molecule is C=CCN(CC=C)S(=O)(=O)c1ccc2c(c1)C1C=CCC1C(c1ccccc1Cl)N2. The van der Waals surface area contributed by atoms with Crippen LogP contribution in [0.1, 0.15) is 29.5 Å². The van der Waals surface area contributed by atoms with Gasteiger partial charge in [0.05, 0.1) is 10.9 Å². The molecule has 0 saturated carbocycles. The van der Waals surface area contributed by atoms with Crippen LogP contribution in [0.3, 0.4) is 0 Å². The molecule has 1 aliphatic heterocycles. The molecule has 3 atom stereocenters. The van der Waals surface area contributed by atoms with E-state index in [0.29, 0.717) is 4.90 Å². The van der Waals surface area contributed by atoms with Crippen LogP contribution in [-0.2, 0) is 10.0 Å². The quantitative estimate of drug-likeness (QED) is 0.576. The van der Waals surface area contributed by atoms with E-state index in [9.17, 15) is 8.42 Å². The first kappa shape index (κ1) is 20.9. The van der Waals surface area contributed by atoms with Gasteiger partial charge in [-0.2, -0.15) is 4.31 Å². The topological polar surface area (TPSA) is 49.4 Å². The number of halogens is 1. The molecule has 2 aromatic carbocycles. The fraction of sp³-hybridized carbons (Fsp3) is 0.250. The molecule has 1 heterocycles. The Kier molecular flexibility index (Phi) is 5.87. The standard InChI is InChI=1S/C24H25ClN2O2S/c1-3-14-27(15-4-2)30(28,29)17-12-13-23-21(16-17)18-9-7-10-19(18)24(26-23)20-8-5-6-11-22(20)25/h3-9,11-13,16,18-19,24,26H,1-2,10,14-15H2. The molecule has 1 N–H and O–H groups in total. The third-order valence-corrected chi connectivity index (χ3v) is 8.05. The van der Waals surface area contributed by atoms with Crippen LogP contribution in [0.15, 0.2) is 84.8 Å². The smallest absolute Gasteiger partial charge is 0.243 e. The lowest BCUT2D eigenvalue weighted by Gasteiger charge is -2.38. The minimum atomic E-state index is -3.64. The van der Waals surface area contributed by atoms with Gasteiger partial charge in [0.2, 0.25) is 10.0 Å². The summed E-state index contributed by atoms with van der Waals surface area (Å²) in [7, 11) is -3.64. The van der Waals surface area contributed by atoms with Crippen molar-refractivity contribution in [2.75, 3.05) is 18.4 Å². The number of allylic oxidation sites excluding steroid dienone is 2. The van der Waals surface area contributed by atoms with Crippen molar-refractivity contribution in [1.29, 1.82) is 0 Å². The van der Waals surface area contributed by atoms with E-state index >= 15 is 0 Å². The van der Waals surface area contributed by atoms with Gasteiger partial charge in [-0.1, -0.05) is 54.1 Å². The van der Waals surface area contributed by atoms with Crippen LogP contribution in [0.2, 0.25) is 5.02 Å². The molecule has 30 heavy (non-hydrogen) atoms. The first-order valence-corrected chi connectivity index (χ1v) is 11.8. The van der Waals surface area contributed by atoms with E-state index < -0.39 is 10.0 Å². The predicted molar refractivity (Wildman–Crippen MR) is 123 cm³/mol. The van der Waals surface area contributed by atoms with Crippen molar-refractivity contribution in [2.24, 2.45) is 5.92 Å². The molecule has 0 fully saturated rings. The second-order valence-electron chi connectivity index (χ2n) is 7.65. The van der Waals surface area contributed by atoms with Crippen LogP contribution in [0.25, 0.3) is 0 Å². The Hall–Kier alpha value is -2.34. The van der Waals surface area contributed by atoms with Gasteiger partial charge in [0.15, 0.2) is 0 Å². The Morgan fingerprint density at radius 3 is 2.53 bits per heavy atom. The van der Waals surface area contributed by atoms with E-state index in [-0.39, 0.29) is 31.0 Å². The van der Waals surface area contributed by atoms with E-state index in [4.69, 9.17) is 11.6 Å². The molecule has 4 nitrogen and oxygen atoms in total. The maximum absolute atomic E-state index is 13.2. The summed E-state index contributed by atoms with van der Waals surface area (Å²) in [6.45, 7) is 7.84. The maximum Gasteiger partial charge on any atom is 0.243 e. The summed E-state index contributed by atoms with van der Waals surface area (Å²) in [5.74, 6) is 0.428. The number of benzene rings is 2. The normalized spacial score (nSPS) is 22.3. The second kappa shape index (κ2) is 8.42. The molecule has 156 valence electrons. The van der Waals surface area contributed by atoms with Gasteiger partial charge in [-0.3, -0.25) is 0 Å². The zero-order valence-electron chi connectivity index (χ0n) is 16.7. The highest BCUT2D eigenvalue weighted by Gasteiger charge is 2.39. The van der Waals surface area contributed by atoms with Gasteiger partial charge in [-0.05, 0) is 47.7 Å². The summed E-state index contributed by atoms with van der Waals surface area (Å²) in [5.41, 5.74) is 3.03. The number of nitrogens with one attached hydrogen (secondary N) is 1. The van der Waals surface area contributed by atoms with E-state index in [2.05, 4.69) is 36.7 Å². The van der Waals surface area contributed by atoms with Crippen LogP contribution in [0.5, 0.6) is 0 Å². The highest BCUT2D eigenvalue weighted by atomic mass is 35.5. The molecule has 2 aromatic rings. The fourth-order valence-electron chi connectivity index (χ4n) is 4.48. The van der Waals surface area contributed by atoms with Gasteiger partial charge < -0.3 is 5.32 Å². The van der Waals surface area contributed by atoms with Gasteiger partial charge in [-0.15, -0.1) is 13.2 Å². The van der Waals surface area contributed by atoms with Gasteiger partial charge in [0, 0.05) is 29.7 Å². The van der Waals surface area contributed by atoms with Gasteiger partial charge in [0.1, 0.15) is 0 Å². The van der Waals surface area contributed by atoms with Crippen molar-refractivity contribution in [3.05, 3.63) is 96.1 Å². The molecular formula is C24H25ClN2O2S. The highest BCUT2D eigenvalue weighted by molar-refractivity contribution is 7.89. The number of hydrogen-bond acceptors (Lipinski definition) is 3. The van der Waals surface area contributed by atoms with E-state index in [1.807, 2.05) is 30.3 Å². The minimum Gasteiger partial charge on any atom is -0.378 e. The molecule has 0 radical (unpaired) electrons. The Bertz CT molecular complexity index is 1100. The zero-order chi connectivity index (χ0) is 21.3. The molecule has 1 aliphatic carbocycles. The summed E-state index contributed by atoms with van der Waals surface area (Å²) in [5, 5.41) is 4.36. The lowest BCUT2D eigenvalue weighted by atomic mass is 9.77. The summed E-state index contributed by atoms with van der Waals surface area (Å²) in [6.07, 6.45) is 8.47. The number of sulfonamides is 1. The number of nitrogens with zero attached hydrogens (tertiary/aromatic N) is 1. The predicted octanol–water partition coefficient (Wildman–Crippen LogP) is 5.53.